The Morgan fingerprint density at radius 3 is 2.64 bits per heavy atom. The number of carbonyl (C=O) groups excluding carboxylic acids is 1. The van der Waals surface area contributed by atoms with Crippen LogP contribution in [0.5, 0.6) is 0 Å². The van der Waals surface area contributed by atoms with Crippen molar-refractivity contribution in [2.45, 2.75) is 6.54 Å². The van der Waals surface area contributed by atoms with E-state index in [1.165, 1.54) is 0 Å². The summed E-state index contributed by atoms with van der Waals surface area (Å²) in [4.78, 5) is 27.1. The number of hydrogen-bond donors (Lipinski definition) is 3. The summed E-state index contributed by atoms with van der Waals surface area (Å²) in [6.45, 7) is 0.226. The summed E-state index contributed by atoms with van der Waals surface area (Å²) in [6, 6.07) is 8.95. The molecule has 6 nitrogen and oxygen atoms in total. The molecule has 126 valence electrons. The zero-order valence-corrected chi connectivity index (χ0v) is 15.6. The number of nitrogens with zero attached hydrogens (tertiary/aromatic N) is 2. The van der Waals surface area contributed by atoms with E-state index in [0.717, 1.165) is 21.0 Å². The van der Waals surface area contributed by atoms with Crippen molar-refractivity contribution in [1.29, 1.82) is 0 Å². The summed E-state index contributed by atoms with van der Waals surface area (Å²) in [5, 5.41) is 3.66. The molecule has 1 amide bonds. The van der Waals surface area contributed by atoms with Gasteiger partial charge < -0.3 is 15.3 Å². The van der Waals surface area contributed by atoms with Gasteiger partial charge in [0.05, 0.1) is 38.7 Å². The summed E-state index contributed by atoms with van der Waals surface area (Å²) >= 11 is 15.4. The Hall–Kier alpha value is -2.09. The topological polar surface area (TPSA) is 86.5 Å². The van der Waals surface area contributed by atoms with Gasteiger partial charge in [-0.1, -0.05) is 39.1 Å². The Labute approximate surface area is 160 Å². The van der Waals surface area contributed by atoms with Crippen LogP contribution in [0.25, 0.3) is 22.1 Å². The van der Waals surface area contributed by atoms with Crippen LogP contribution in [0.1, 0.15) is 16.4 Å². The molecule has 2 aromatic carbocycles. The molecule has 2 heterocycles. The normalized spacial score (nSPS) is 11.3. The Morgan fingerprint density at radius 2 is 1.80 bits per heavy atom. The van der Waals surface area contributed by atoms with Crippen LogP contribution in [0.15, 0.2) is 34.8 Å². The average molecular weight is 439 g/mol. The Morgan fingerprint density at radius 1 is 1.04 bits per heavy atom. The number of rotatable bonds is 3. The van der Waals surface area contributed by atoms with Gasteiger partial charge in [0.15, 0.2) is 5.82 Å². The van der Waals surface area contributed by atoms with Crippen LogP contribution in [0.3, 0.4) is 0 Å². The summed E-state index contributed by atoms with van der Waals surface area (Å²) in [5.41, 5.74) is 2.95. The molecule has 4 rings (SSSR count). The van der Waals surface area contributed by atoms with E-state index >= 15 is 0 Å². The number of benzene rings is 2. The highest BCUT2D eigenvalue weighted by Crippen LogP contribution is 2.26. The number of amides is 1. The largest absolute Gasteiger partial charge is 0.342 e. The van der Waals surface area contributed by atoms with Crippen LogP contribution < -0.4 is 5.32 Å². The number of fused-ring (bicyclic) bond motifs is 2. The van der Waals surface area contributed by atoms with Crippen molar-refractivity contribution in [3.8, 4) is 0 Å². The third-order valence-electron chi connectivity index (χ3n) is 3.65. The smallest absolute Gasteiger partial charge is 0.287 e. The first-order chi connectivity index (χ1) is 12.0. The number of carbonyl (C=O) groups is 1. The number of halogens is 3. The second-order valence-corrected chi connectivity index (χ2v) is 7.13. The van der Waals surface area contributed by atoms with Crippen LogP contribution in [0.4, 0.5) is 0 Å². The van der Waals surface area contributed by atoms with E-state index in [4.69, 9.17) is 23.2 Å². The van der Waals surface area contributed by atoms with Crippen LogP contribution in [0.2, 0.25) is 10.0 Å². The third-order valence-corrected chi connectivity index (χ3v) is 4.86. The zero-order valence-electron chi connectivity index (χ0n) is 12.5. The molecule has 0 aliphatic carbocycles. The molecule has 0 saturated carbocycles. The van der Waals surface area contributed by atoms with Crippen LogP contribution in [-0.4, -0.2) is 25.8 Å². The maximum Gasteiger partial charge on any atom is 0.287 e. The van der Waals surface area contributed by atoms with E-state index in [0.29, 0.717) is 21.4 Å². The van der Waals surface area contributed by atoms with Crippen molar-refractivity contribution in [2.24, 2.45) is 0 Å². The molecule has 0 saturated heterocycles. The van der Waals surface area contributed by atoms with E-state index in [-0.39, 0.29) is 18.3 Å². The fourth-order valence-electron chi connectivity index (χ4n) is 2.48. The maximum atomic E-state index is 12.3. The van der Waals surface area contributed by atoms with E-state index in [2.05, 4.69) is 41.2 Å². The van der Waals surface area contributed by atoms with Gasteiger partial charge in [-0.2, -0.15) is 0 Å². The van der Waals surface area contributed by atoms with Gasteiger partial charge in [0.1, 0.15) is 5.82 Å². The molecule has 25 heavy (non-hydrogen) atoms. The lowest BCUT2D eigenvalue weighted by atomic mass is 10.3. The highest BCUT2D eigenvalue weighted by atomic mass is 79.9. The van der Waals surface area contributed by atoms with Gasteiger partial charge in [-0.15, -0.1) is 0 Å². The van der Waals surface area contributed by atoms with Crippen molar-refractivity contribution in [2.75, 3.05) is 0 Å². The molecule has 0 aliphatic heterocycles. The van der Waals surface area contributed by atoms with Gasteiger partial charge in [0, 0.05) is 4.47 Å². The Balaban J connectivity index is 1.52. The van der Waals surface area contributed by atoms with Gasteiger partial charge in [-0.05, 0) is 30.3 Å². The minimum atomic E-state index is -0.316. The van der Waals surface area contributed by atoms with Crippen molar-refractivity contribution in [3.63, 3.8) is 0 Å². The molecule has 0 radical (unpaired) electrons. The summed E-state index contributed by atoms with van der Waals surface area (Å²) in [7, 11) is 0. The monoisotopic (exact) mass is 437 g/mol. The third kappa shape index (κ3) is 3.22. The second kappa shape index (κ2) is 6.33. The fraction of sp³-hybridized carbons (Fsp3) is 0.0625. The van der Waals surface area contributed by atoms with Gasteiger partial charge in [-0.25, -0.2) is 9.97 Å². The van der Waals surface area contributed by atoms with E-state index in [9.17, 15) is 4.79 Å². The first kappa shape index (κ1) is 16.4. The molecule has 0 aliphatic rings. The fourth-order valence-corrected chi connectivity index (χ4v) is 3.16. The zero-order chi connectivity index (χ0) is 17.6. The van der Waals surface area contributed by atoms with E-state index in [1.54, 1.807) is 12.1 Å². The van der Waals surface area contributed by atoms with Crippen molar-refractivity contribution >= 4 is 67.1 Å². The second-order valence-electron chi connectivity index (χ2n) is 5.40. The molecule has 0 fully saturated rings. The first-order valence-electron chi connectivity index (χ1n) is 7.27. The molecule has 9 heteroatoms. The maximum absolute atomic E-state index is 12.3. The van der Waals surface area contributed by atoms with E-state index in [1.807, 2.05) is 18.2 Å². The predicted octanol–water partition coefficient (Wildman–Crippen LogP) is 4.44. The van der Waals surface area contributed by atoms with Gasteiger partial charge in [0.25, 0.3) is 5.91 Å². The molecule has 0 unspecified atom stereocenters. The molecule has 0 spiro atoms. The van der Waals surface area contributed by atoms with Crippen molar-refractivity contribution in [1.82, 2.24) is 25.3 Å². The lowest BCUT2D eigenvalue weighted by Gasteiger charge is -1.99. The number of H-pyrrole nitrogens is 2. The summed E-state index contributed by atoms with van der Waals surface area (Å²) < 4.78 is 0.912. The Bertz CT molecular complexity index is 1080. The van der Waals surface area contributed by atoms with Crippen molar-refractivity contribution in [3.05, 3.63) is 56.5 Å². The highest BCUT2D eigenvalue weighted by molar-refractivity contribution is 9.10. The van der Waals surface area contributed by atoms with Crippen LogP contribution in [0, 0.1) is 0 Å². The SMILES string of the molecule is O=C(NCc1nc2cc(Cl)c(Cl)cc2[nH]1)c1nc2ccc(Br)cc2[nH]1. The standard InChI is InChI=1S/C16H10BrCl2N5O/c17-7-1-2-10-11(3-7)24-15(23-10)16(25)20-6-14-21-12-4-8(18)9(19)5-13(12)22-14/h1-5H,6H2,(H,20,25)(H,21,22)(H,23,24). The minimum Gasteiger partial charge on any atom is -0.342 e. The van der Waals surface area contributed by atoms with Gasteiger partial charge >= 0.3 is 0 Å². The quantitative estimate of drug-likeness (QED) is 0.442. The number of aromatic amines is 2. The molecular formula is C16H10BrCl2N5O. The first-order valence-corrected chi connectivity index (χ1v) is 8.81. The summed E-state index contributed by atoms with van der Waals surface area (Å²) in [5.74, 6) is 0.527. The number of imidazole rings is 2. The highest BCUT2D eigenvalue weighted by Gasteiger charge is 2.13. The minimum absolute atomic E-state index is 0.226. The molecule has 0 atom stereocenters. The summed E-state index contributed by atoms with van der Waals surface area (Å²) in [6.07, 6.45) is 0. The van der Waals surface area contributed by atoms with Crippen molar-refractivity contribution < 1.29 is 4.79 Å². The van der Waals surface area contributed by atoms with Gasteiger partial charge in [0.2, 0.25) is 0 Å². The van der Waals surface area contributed by atoms with Gasteiger partial charge in [-0.3, -0.25) is 4.79 Å². The number of nitrogens with one attached hydrogen (secondary N) is 3. The number of hydrogen-bond acceptors (Lipinski definition) is 3. The lowest BCUT2D eigenvalue weighted by molar-refractivity contribution is 0.0941. The van der Waals surface area contributed by atoms with Crippen LogP contribution >= 0.6 is 39.1 Å². The lowest BCUT2D eigenvalue weighted by Crippen LogP contribution is -2.24. The molecule has 2 aromatic heterocycles. The average Bonchev–Trinajstić information content (AvgIpc) is 3.16. The molecule has 0 bridgehead atoms. The number of aromatic nitrogens is 4. The van der Waals surface area contributed by atoms with E-state index < -0.39 is 0 Å². The molecular weight excluding hydrogens is 429 g/mol. The molecule has 3 N–H and O–H groups in total. The predicted molar refractivity (Wildman–Crippen MR) is 101 cm³/mol. The molecule has 4 aromatic rings. The Kier molecular flexibility index (Phi) is 4.15. The van der Waals surface area contributed by atoms with Crippen LogP contribution in [-0.2, 0) is 6.54 Å².